The van der Waals surface area contributed by atoms with E-state index in [1.54, 1.807) is 0 Å². The van der Waals surface area contributed by atoms with Gasteiger partial charge in [-0.1, -0.05) is 0 Å². The van der Waals surface area contributed by atoms with Crippen LogP contribution in [-0.2, 0) is 12.8 Å². The summed E-state index contributed by atoms with van der Waals surface area (Å²) < 4.78 is 11.6. The number of aromatic nitrogens is 2. The number of nitrogens with zero attached hydrogens (tertiary/aromatic N) is 4. The number of benzene rings is 2. The maximum Gasteiger partial charge on any atom is 0.119 e. The number of rotatable bonds is 12. The molecule has 0 radical (unpaired) electrons. The van der Waals surface area contributed by atoms with Gasteiger partial charge in [-0.05, 0) is 110 Å². The van der Waals surface area contributed by atoms with Crippen molar-refractivity contribution in [2.24, 2.45) is 10.2 Å². The minimum absolute atomic E-state index is 0.668. The zero-order chi connectivity index (χ0) is 23.3. The molecule has 0 spiro atoms. The first-order chi connectivity index (χ1) is 16.8. The maximum atomic E-state index is 5.82. The van der Waals surface area contributed by atoms with Gasteiger partial charge in [-0.25, -0.2) is 0 Å². The monoisotopic (exact) mass is 452 g/mol. The molecule has 0 bridgehead atoms. The molecule has 34 heavy (non-hydrogen) atoms. The normalized spacial score (nSPS) is 10.9. The van der Waals surface area contributed by atoms with Gasteiger partial charge in [0, 0.05) is 24.8 Å². The first kappa shape index (κ1) is 23.1. The molecular weight excluding hydrogens is 424 g/mol. The standard InChI is InChI=1S/C28H28N4O2/c1(3-23-13-17-29-18-14-23)21-33-27-9-5-25(6-10-27)31-32-26-7-11-28(12-8-26)34-22-2-4-24-15-19-30-20-16-24/h5-20H,1-4,21-22H2. The zero-order valence-corrected chi connectivity index (χ0v) is 19.1. The Labute approximate surface area is 200 Å². The Morgan fingerprint density at radius 3 is 1.26 bits per heavy atom. The van der Waals surface area contributed by atoms with Gasteiger partial charge in [0.25, 0.3) is 0 Å². The fourth-order valence-corrected chi connectivity index (χ4v) is 3.37. The molecule has 0 amide bonds. The van der Waals surface area contributed by atoms with E-state index in [2.05, 4.69) is 20.2 Å². The van der Waals surface area contributed by atoms with E-state index in [0.29, 0.717) is 13.2 Å². The number of hydrogen-bond donors (Lipinski definition) is 0. The average molecular weight is 453 g/mol. The molecule has 4 rings (SSSR count). The second kappa shape index (κ2) is 12.8. The van der Waals surface area contributed by atoms with E-state index in [1.807, 2.05) is 97.6 Å². The van der Waals surface area contributed by atoms with Crippen LogP contribution < -0.4 is 9.47 Å². The van der Waals surface area contributed by atoms with Gasteiger partial charge < -0.3 is 9.47 Å². The highest BCUT2D eigenvalue weighted by Crippen LogP contribution is 2.23. The van der Waals surface area contributed by atoms with Crippen molar-refractivity contribution in [2.45, 2.75) is 25.7 Å². The van der Waals surface area contributed by atoms with Crippen LogP contribution in [0.2, 0.25) is 0 Å². The molecule has 172 valence electrons. The van der Waals surface area contributed by atoms with Crippen LogP contribution in [0.5, 0.6) is 11.5 Å². The molecule has 0 aliphatic carbocycles. The summed E-state index contributed by atoms with van der Waals surface area (Å²) in [5.41, 5.74) is 4.10. The number of pyridine rings is 2. The Morgan fingerprint density at radius 1 is 0.500 bits per heavy atom. The van der Waals surface area contributed by atoms with Crippen LogP contribution in [0.15, 0.2) is 108 Å². The van der Waals surface area contributed by atoms with E-state index in [4.69, 9.17) is 9.47 Å². The Bertz CT molecular complexity index is 1040. The summed E-state index contributed by atoms with van der Waals surface area (Å²) in [7, 11) is 0. The predicted molar refractivity (Wildman–Crippen MR) is 133 cm³/mol. The molecule has 0 atom stereocenters. The third-order valence-corrected chi connectivity index (χ3v) is 5.21. The highest BCUT2D eigenvalue weighted by molar-refractivity contribution is 5.44. The lowest BCUT2D eigenvalue weighted by atomic mass is 10.1. The molecule has 0 aliphatic rings. The smallest absolute Gasteiger partial charge is 0.119 e. The van der Waals surface area contributed by atoms with Crippen molar-refractivity contribution in [3.05, 3.63) is 109 Å². The Hall–Kier alpha value is -4.06. The molecule has 0 fully saturated rings. The van der Waals surface area contributed by atoms with Gasteiger partial charge in [0.15, 0.2) is 0 Å². The average Bonchev–Trinajstić information content (AvgIpc) is 2.90. The van der Waals surface area contributed by atoms with Crippen molar-refractivity contribution in [3.8, 4) is 11.5 Å². The van der Waals surface area contributed by atoms with Gasteiger partial charge in [0.1, 0.15) is 11.5 Å². The van der Waals surface area contributed by atoms with E-state index >= 15 is 0 Å². The number of ether oxygens (including phenoxy) is 2. The van der Waals surface area contributed by atoms with Gasteiger partial charge in [-0.15, -0.1) is 0 Å². The van der Waals surface area contributed by atoms with E-state index < -0.39 is 0 Å². The lowest BCUT2D eigenvalue weighted by Gasteiger charge is -2.06. The zero-order valence-electron chi connectivity index (χ0n) is 19.1. The summed E-state index contributed by atoms with van der Waals surface area (Å²) in [6.07, 6.45) is 11.1. The molecule has 0 N–H and O–H groups in total. The van der Waals surface area contributed by atoms with E-state index in [-0.39, 0.29) is 0 Å². The summed E-state index contributed by atoms with van der Waals surface area (Å²) in [6, 6.07) is 23.4. The summed E-state index contributed by atoms with van der Waals surface area (Å²) >= 11 is 0. The summed E-state index contributed by atoms with van der Waals surface area (Å²) in [5.74, 6) is 1.67. The Balaban J connectivity index is 1.16. The minimum Gasteiger partial charge on any atom is -0.494 e. The van der Waals surface area contributed by atoms with Crippen molar-refractivity contribution in [3.63, 3.8) is 0 Å². The van der Waals surface area contributed by atoms with Crippen molar-refractivity contribution in [2.75, 3.05) is 13.2 Å². The summed E-state index contributed by atoms with van der Waals surface area (Å²) in [6.45, 7) is 1.34. The molecule has 6 heteroatoms. The lowest BCUT2D eigenvalue weighted by molar-refractivity contribution is 0.311. The molecule has 0 saturated carbocycles. The molecular formula is C28H28N4O2. The fourth-order valence-electron chi connectivity index (χ4n) is 3.37. The fraction of sp³-hybridized carbons (Fsp3) is 0.214. The molecule has 0 unspecified atom stereocenters. The van der Waals surface area contributed by atoms with Crippen molar-refractivity contribution in [1.29, 1.82) is 0 Å². The Morgan fingerprint density at radius 2 is 0.882 bits per heavy atom. The molecule has 6 nitrogen and oxygen atoms in total. The topological polar surface area (TPSA) is 69.0 Å². The largest absolute Gasteiger partial charge is 0.494 e. The molecule has 0 saturated heterocycles. The molecule has 4 aromatic rings. The van der Waals surface area contributed by atoms with Crippen LogP contribution in [0.1, 0.15) is 24.0 Å². The first-order valence-electron chi connectivity index (χ1n) is 11.5. The van der Waals surface area contributed by atoms with Crippen LogP contribution in [0, 0.1) is 0 Å². The summed E-state index contributed by atoms with van der Waals surface area (Å²) in [4.78, 5) is 8.07. The molecule has 2 aromatic carbocycles. The lowest BCUT2D eigenvalue weighted by Crippen LogP contribution is -1.99. The SMILES string of the molecule is c1cc(CCCOc2ccc(N=Nc3ccc(OCCCc4ccncc4)cc3)cc2)ccn1. The van der Waals surface area contributed by atoms with Crippen molar-refractivity contribution >= 4 is 11.4 Å². The van der Waals surface area contributed by atoms with Gasteiger partial charge >= 0.3 is 0 Å². The molecule has 0 aliphatic heterocycles. The Kier molecular flexibility index (Phi) is 8.73. The van der Waals surface area contributed by atoms with Gasteiger partial charge in [0.2, 0.25) is 0 Å². The highest BCUT2D eigenvalue weighted by atomic mass is 16.5. The van der Waals surface area contributed by atoms with Crippen LogP contribution in [0.4, 0.5) is 11.4 Å². The van der Waals surface area contributed by atoms with Crippen molar-refractivity contribution in [1.82, 2.24) is 9.97 Å². The highest BCUT2D eigenvalue weighted by Gasteiger charge is 1.99. The van der Waals surface area contributed by atoms with Crippen LogP contribution in [0.3, 0.4) is 0 Å². The minimum atomic E-state index is 0.668. The predicted octanol–water partition coefficient (Wildman–Crippen LogP) is 6.92. The number of hydrogen-bond acceptors (Lipinski definition) is 6. The molecule has 2 aromatic heterocycles. The van der Waals surface area contributed by atoms with E-state index in [1.165, 1.54) is 11.1 Å². The van der Waals surface area contributed by atoms with Gasteiger partial charge in [-0.2, -0.15) is 10.2 Å². The second-order valence-corrected chi connectivity index (χ2v) is 7.80. The third-order valence-electron chi connectivity index (χ3n) is 5.21. The van der Waals surface area contributed by atoms with E-state index in [9.17, 15) is 0 Å². The number of aryl methyl sites for hydroxylation is 2. The van der Waals surface area contributed by atoms with Crippen LogP contribution in [-0.4, -0.2) is 23.2 Å². The maximum absolute atomic E-state index is 5.82. The first-order valence-corrected chi connectivity index (χ1v) is 11.5. The second-order valence-electron chi connectivity index (χ2n) is 7.80. The molecule has 2 heterocycles. The number of azo groups is 1. The third kappa shape index (κ3) is 7.81. The van der Waals surface area contributed by atoms with E-state index in [0.717, 1.165) is 48.6 Å². The van der Waals surface area contributed by atoms with Gasteiger partial charge in [-0.3, -0.25) is 9.97 Å². The quantitative estimate of drug-likeness (QED) is 0.173. The van der Waals surface area contributed by atoms with Crippen molar-refractivity contribution < 1.29 is 9.47 Å². The summed E-state index contributed by atoms with van der Waals surface area (Å²) in [5, 5.41) is 8.62. The van der Waals surface area contributed by atoms with Crippen LogP contribution in [0.25, 0.3) is 0 Å². The van der Waals surface area contributed by atoms with Gasteiger partial charge in [0.05, 0.1) is 24.6 Å². The van der Waals surface area contributed by atoms with Crippen LogP contribution >= 0.6 is 0 Å².